The van der Waals surface area contributed by atoms with Gasteiger partial charge in [0.1, 0.15) is 11.6 Å². The fourth-order valence-electron chi connectivity index (χ4n) is 1.49. The molecule has 6 heteroatoms. The number of pyridine rings is 1. The summed E-state index contributed by atoms with van der Waals surface area (Å²) in [7, 11) is -3.31. The van der Waals surface area contributed by atoms with Gasteiger partial charge in [-0.3, -0.25) is 4.79 Å². The van der Waals surface area contributed by atoms with Crippen molar-refractivity contribution in [3.05, 3.63) is 40.2 Å². The molecule has 0 saturated heterocycles. The summed E-state index contributed by atoms with van der Waals surface area (Å²) >= 11 is 0. The molecule has 0 aliphatic rings. The van der Waals surface area contributed by atoms with Crippen LogP contribution < -0.4 is 5.56 Å². The van der Waals surface area contributed by atoms with Crippen molar-refractivity contribution in [1.29, 1.82) is 5.26 Å². The van der Waals surface area contributed by atoms with Crippen molar-refractivity contribution in [1.82, 2.24) is 4.98 Å². The molecule has 0 amide bonds. The third-order valence-corrected chi connectivity index (χ3v) is 3.48. The van der Waals surface area contributed by atoms with Crippen molar-refractivity contribution >= 4 is 20.7 Å². The number of aromatic amines is 1. The number of hydrogen-bond acceptors (Lipinski definition) is 4. The first-order chi connectivity index (χ1) is 7.91. The van der Waals surface area contributed by atoms with Gasteiger partial charge >= 0.3 is 0 Å². The van der Waals surface area contributed by atoms with Crippen LogP contribution in [0.1, 0.15) is 5.56 Å². The molecule has 0 saturated carbocycles. The van der Waals surface area contributed by atoms with Crippen LogP contribution in [0.4, 0.5) is 0 Å². The van der Waals surface area contributed by atoms with E-state index < -0.39 is 15.4 Å². The van der Waals surface area contributed by atoms with E-state index in [-0.39, 0.29) is 10.5 Å². The molecule has 5 nitrogen and oxygen atoms in total. The van der Waals surface area contributed by atoms with E-state index in [2.05, 4.69) is 4.98 Å². The molecular formula is C11H8N2O3S. The maximum absolute atomic E-state index is 11.4. The number of H-pyrrole nitrogens is 1. The normalized spacial score (nSPS) is 11.3. The Kier molecular flexibility index (Phi) is 2.48. The smallest absolute Gasteiger partial charge is 0.266 e. The first-order valence-electron chi connectivity index (χ1n) is 4.69. The number of nitriles is 1. The van der Waals surface area contributed by atoms with E-state index in [1.165, 1.54) is 18.2 Å². The number of nitrogens with one attached hydrogen (secondary N) is 1. The molecule has 0 spiro atoms. The Morgan fingerprint density at radius 2 is 2.00 bits per heavy atom. The van der Waals surface area contributed by atoms with Crippen LogP contribution in [0.3, 0.4) is 0 Å². The number of benzene rings is 1. The van der Waals surface area contributed by atoms with Gasteiger partial charge in [0, 0.05) is 11.8 Å². The Morgan fingerprint density at radius 3 is 2.59 bits per heavy atom. The summed E-state index contributed by atoms with van der Waals surface area (Å²) in [5.74, 6) is 0. The lowest BCUT2D eigenvalue weighted by Gasteiger charge is -2.01. The summed E-state index contributed by atoms with van der Waals surface area (Å²) < 4.78 is 22.7. The van der Waals surface area contributed by atoms with Crippen LogP contribution in [-0.4, -0.2) is 19.7 Å². The molecule has 1 aromatic heterocycles. The molecule has 0 fully saturated rings. The third-order valence-electron chi connectivity index (χ3n) is 2.37. The van der Waals surface area contributed by atoms with Crippen molar-refractivity contribution in [2.75, 3.05) is 6.26 Å². The van der Waals surface area contributed by atoms with Gasteiger partial charge in [0.05, 0.1) is 4.90 Å². The molecule has 0 unspecified atom stereocenters. The Bertz CT molecular complexity index is 798. The van der Waals surface area contributed by atoms with Crippen molar-refractivity contribution in [3.63, 3.8) is 0 Å². The number of fused-ring (bicyclic) bond motifs is 1. The van der Waals surface area contributed by atoms with Gasteiger partial charge in [0.15, 0.2) is 9.84 Å². The minimum Gasteiger partial charge on any atom is -0.321 e. The van der Waals surface area contributed by atoms with Gasteiger partial charge in [-0.25, -0.2) is 8.42 Å². The summed E-state index contributed by atoms with van der Waals surface area (Å²) in [4.78, 5) is 14.0. The molecule has 1 heterocycles. The quantitative estimate of drug-likeness (QED) is 0.808. The summed E-state index contributed by atoms with van der Waals surface area (Å²) in [6.07, 6.45) is 1.09. The standard InChI is InChI=1S/C11H8N2O3S/c1-17(15,16)9-3-2-7-4-8(6-12)11(14)13-10(7)5-9/h2-5H,1H3,(H,13,14). The lowest BCUT2D eigenvalue weighted by Crippen LogP contribution is -2.09. The Hall–Kier alpha value is -2.13. The Morgan fingerprint density at radius 1 is 1.29 bits per heavy atom. The largest absolute Gasteiger partial charge is 0.321 e. The van der Waals surface area contributed by atoms with Crippen LogP contribution in [0.2, 0.25) is 0 Å². The van der Waals surface area contributed by atoms with Gasteiger partial charge in [-0.1, -0.05) is 6.07 Å². The van der Waals surface area contributed by atoms with Crippen LogP contribution in [0, 0.1) is 11.3 Å². The van der Waals surface area contributed by atoms with Gasteiger partial charge in [-0.2, -0.15) is 5.26 Å². The molecule has 2 aromatic rings. The van der Waals surface area contributed by atoms with Crippen LogP contribution >= 0.6 is 0 Å². The molecule has 86 valence electrons. The molecule has 0 atom stereocenters. The monoisotopic (exact) mass is 248 g/mol. The van der Waals surface area contributed by atoms with Crippen molar-refractivity contribution in [2.24, 2.45) is 0 Å². The molecule has 17 heavy (non-hydrogen) atoms. The zero-order chi connectivity index (χ0) is 12.6. The fraction of sp³-hybridized carbons (Fsp3) is 0.0909. The molecule has 1 aromatic carbocycles. The molecule has 0 radical (unpaired) electrons. The third kappa shape index (κ3) is 2.05. The van der Waals surface area contributed by atoms with Crippen LogP contribution in [-0.2, 0) is 9.84 Å². The second-order valence-electron chi connectivity index (χ2n) is 3.65. The second kappa shape index (κ2) is 3.71. The van der Waals surface area contributed by atoms with Crippen LogP contribution in [0.25, 0.3) is 10.9 Å². The highest BCUT2D eigenvalue weighted by atomic mass is 32.2. The Balaban J connectivity index is 2.82. The molecule has 2 rings (SSSR count). The molecular weight excluding hydrogens is 240 g/mol. The average Bonchev–Trinajstić information content (AvgIpc) is 2.26. The SMILES string of the molecule is CS(=O)(=O)c1ccc2cc(C#N)c(=O)[nH]c2c1. The van der Waals surface area contributed by atoms with Gasteiger partial charge in [0.2, 0.25) is 0 Å². The zero-order valence-corrected chi connectivity index (χ0v) is 9.71. The van der Waals surface area contributed by atoms with E-state index in [0.717, 1.165) is 6.26 Å². The van der Waals surface area contributed by atoms with Crippen LogP contribution in [0.5, 0.6) is 0 Å². The van der Waals surface area contributed by atoms with Gasteiger partial charge in [0.25, 0.3) is 5.56 Å². The van der Waals surface area contributed by atoms with Gasteiger partial charge in [-0.15, -0.1) is 0 Å². The average molecular weight is 248 g/mol. The first-order valence-corrected chi connectivity index (χ1v) is 6.58. The van der Waals surface area contributed by atoms with E-state index in [1.54, 1.807) is 12.1 Å². The molecule has 1 N–H and O–H groups in total. The fourth-order valence-corrected chi connectivity index (χ4v) is 2.14. The minimum absolute atomic E-state index is 0.00426. The molecule has 0 aliphatic carbocycles. The van der Waals surface area contributed by atoms with Crippen LogP contribution in [0.15, 0.2) is 34.0 Å². The maximum atomic E-state index is 11.4. The van der Waals surface area contributed by atoms with E-state index in [1.807, 2.05) is 0 Å². The summed E-state index contributed by atoms with van der Waals surface area (Å²) in [5, 5.41) is 9.31. The predicted octanol–water partition coefficient (Wildman–Crippen LogP) is 0.803. The number of rotatable bonds is 1. The Labute approximate surface area is 97.2 Å². The predicted molar refractivity (Wildman–Crippen MR) is 62.4 cm³/mol. The van der Waals surface area contributed by atoms with Crippen molar-refractivity contribution in [2.45, 2.75) is 4.90 Å². The summed E-state index contributed by atoms with van der Waals surface area (Å²) in [6, 6.07) is 7.58. The van der Waals surface area contributed by atoms with Crippen molar-refractivity contribution < 1.29 is 8.42 Å². The van der Waals surface area contributed by atoms with Gasteiger partial charge < -0.3 is 4.98 Å². The van der Waals surface area contributed by atoms with E-state index in [9.17, 15) is 13.2 Å². The number of aromatic nitrogens is 1. The highest BCUT2D eigenvalue weighted by molar-refractivity contribution is 7.90. The van der Waals surface area contributed by atoms with E-state index in [0.29, 0.717) is 10.9 Å². The van der Waals surface area contributed by atoms with E-state index in [4.69, 9.17) is 5.26 Å². The second-order valence-corrected chi connectivity index (χ2v) is 5.66. The lowest BCUT2D eigenvalue weighted by atomic mass is 10.2. The molecule has 0 aliphatic heterocycles. The number of hydrogen-bond donors (Lipinski definition) is 1. The minimum atomic E-state index is -3.31. The van der Waals surface area contributed by atoms with E-state index >= 15 is 0 Å². The highest BCUT2D eigenvalue weighted by Crippen LogP contribution is 2.16. The molecule has 0 bridgehead atoms. The number of sulfone groups is 1. The lowest BCUT2D eigenvalue weighted by molar-refractivity contribution is 0.602. The number of nitrogens with zero attached hydrogens (tertiary/aromatic N) is 1. The summed E-state index contributed by atoms with van der Waals surface area (Å²) in [6.45, 7) is 0. The van der Waals surface area contributed by atoms with Crippen molar-refractivity contribution in [3.8, 4) is 6.07 Å². The maximum Gasteiger partial charge on any atom is 0.266 e. The highest BCUT2D eigenvalue weighted by Gasteiger charge is 2.09. The topological polar surface area (TPSA) is 90.8 Å². The van der Waals surface area contributed by atoms with Gasteiger partial charge in [-0.05, 0) is 23.6 Å². The first kappa shape index (κ1) is 11.4. The summed E-state index contributed by atoms with van der Waals surface area (Å²) in [5.41, 5.74) is -0.118. The zero-order valence-electron chi connectivity index (χ0n) is 8.89.